The normalized spacial score (nSPS) is 14.8. The molecule has 2 rings (SSSR count). The molecule has 2 atom stereocenters. The number of rotatable bonds is 9. The first kappa shape index (κ1) is 18.8. The number of hydrogen-bond donors (Lipinski definition) is 0. The van der Waals surface area contributed by atoms with Crippen LogP contribution in [0.4, 0.5) is 0 Å². The molecule has 0 saturated heterocycles. The first-order valence-electron chi connectivity index (χ1n) is 8.52. The van der Waals surface area contributed by atoms with E-state index >= 15 is 0 Å². The largest absolute Gasteiger partial charge is 0.489 e. The van der Waals surface area contributed by atoms with Crippen LogP contribution in [0.1, 0.15) is 31.4 Å². The molecule has 2 aromatic rings. The van der Waals surface area contributed by atoms with Crippen LogP contribution in [0, 0.1) is 0 Å². The van der Waals surface area contributed by atoms with Crippen molar-refractivity contribution in [2.75, 3.05) is 13.3 Å². The molecule has 4 heteroatoms. The Bertz CT molecular complexity index is 670. The average molecular weight is 346 g/mol. The molecule has 0 amide bonds. The molecular weight excluding hydrogens is 319 g/mol. The number of hydrogen-bond acceptors (Lipinski definition) is 3. The van der Waals surface area contributed by atoms with E-state index in [2.05, 4.69) is 13.0 Å². The van der Waals surface area contributed by atoms with Crippen LogP contribution in [0.3, 0.4) is 0 Å². The highest BCUT2D eigenvalue weighted by Gasteiger charge is 2.27. The topological polar surface area (TPSA) is 35.5 Å². The first-order valence-corrected chi connectivity index (χ1v) is 10.7. The van der Waals surface area contributed by atoms with Crippen molar-refractivity contribution in [3.05, 3.63) is 65.7 Å². The van der Waals surface area contributed by atoms with Gasteiger partial charge in [-0.15, -0.1) is 0 Å². The second-order valence-corrected chi connectivity index (χ2v) is 8.82. The molecule has 0 bridgehead atoms. The molecule has 0 heterocycles. The molecule has 0 aliphatic heterocycles. The lowest BCUT2D eigenvalue weighted by atomic mass is 10.1. The van der Waals surface area contributed by atoms with Crippen LogP contribution in [0.2, 0.25) is 0 Å². The smallest absolute Gasteiger partial charge is 0.203 e. The van der Waals surface area contributed by atoms with Crippen LogP contribution < -0.4 is 4.74 Å². The Kier molecular flexibility index (Phi) is 7.08. The second kappa shape index (κ2) is 9.05. The lowest BCUT2D eigenvalue weighted by Crippen LogP contribution is -2.13. The van der Waals surface area contributed by atoms with Gasteiger partial charge in [-0.25, -0.2) is 0 Å². The molecule has 1 unspecified atom stereocenters. The Morgan fingerprint density at radius 3 is 2.38 bits per heavy atom. The van der Waals surface area contributed by atoms with Gasteiger partial charge in [0.05, 0.1) is 6.61 Å². The molecule has 0 aliphatic rings. The highest BCUT2D eigenvalue weighted by atomic mass is 31.2. The third kappa shape index (κ3) is 5.51. The Morgan fingerprint density at radius 1 is 1.00 bits per heavy atom. The molecule has 0 saturated carbocycles. The predicted octanol–water partition coefficient (Wildman–Crippen LogP) is 5.53. The summed E-state index contributed by atoms with van der Waals surface area (Å²) in [5.74, 6) is 0.841. The van der Waals surface area contributed by atoms with Crippen LogP contribution in [0.25, 0.3) is 0 Å². The molecule has 0 fully saturated rings. The minimum Gasteiger partial charge on any atom is -0.489 e. The van der Waals surface area contributed by atoms with E-state index in [1.54, 1.807) is 6.66 Å². The van der Waals surface area contributed by atoms with E-state index in [9.17, 15) is 4.57 Å². The van der Waals surface area contributed by atoms with Gasteiger partial charge >= 0.3 is 0 Å². The maximum absolute atomic E-state index is 12.7. The summed E-state index contributed by atoms with van der Waals surface area (Å²) in [5, 5.41) is 0. The Morgan fingerprint density at radius 2 is 1.71 bits per heavy atom. The van der Waals surface area contributed by atoms with Gasteiger partial charge in [-0.05, 0) is 43.0 Å². The van der Waals surface area contributed by atoms with Crippen LogP contribution in [0.15, 0.2) is 54.6 Å². The molecule has 24 heavy (non-hydrogen) atoms. The minimum absolute atomic E-state index is 0.0434. The Balaban J connectivity index is 2.02. The van der Waals surface area contributed by atoms with Gasteiger partial charge in [0.2, 0.25) is 7.37 Å². The van der Waals surface area contributed by atoms with Crippen molar-refractivity contribution in [3.8, 4) is 5.75 Å². The van der Waals surface area contributed by atoms with Gasteiger partial charge in [-0.1, -0.05) is 49.4 Å². The second-order valence-electron chi connectivity index (χ2n) is 6.01. The third-order valence-corrected chi connectivity index (χ3v) is 6.78. The van der Waals surface area contributed by atoms with E-state index in [0.717, 1.165) is 29.7 Å². The summed E-state index contributed by atoms with van der Waals surface area (Å²) in [5.41, 5.74) is 2.32. The number of benzene rings is 2. The summed E-state index contributed by atoms with van der Waals surface area (Å²) in [6.45, 7) is 6.74. The fraction of sp³-hybridized carbons (Fsp3) is 0.400. The zero-order chi connectivity index (χ0) is 17.4. The van der Waals surface area contributed by atoms with Gasteiger partial charge in [-0.2, -0.15) is 0 Å². The van der Waals surface area contributed by atoms with Crippen molar-refractivity contribution in [1.82, 2.24) is 0 Å². The van der Waals surface area contributed by atoms with Crippen molar-refractivity contribution in [2.45, 2.75) is 39.0 Å². The van der Waals surface area contributed by atoms with E-state index in [4.69, 9.17) is 9.26 Å². The van der Waals surface area contributed by atoms with Crippen LogP contribution in [0.5, 0.6) is 5.75 Å². The molecule has 130 valence electrons. The van der Waals surface area contributed by atoms with Crippen molar-refractivity contribution in [1.29, 1.82) is 0 Å². The molecule has 3 nitrogen and oxygen atoms in total. The van der Waals surface area contributed by atoms with Crippen molar-refractivity contribution >= 4 is 7.37 Å². The Hall–Kier alpha value is -1.57. The zero-order valence-electron chi connectivity index (χ0n) is 14.8. The van der Waals surface area contributed by atoms with Crippen LogP contribution in [-0.4, -0.2) is 18.9 Å². The summed E-state index contributed by atoms with van der Waals surface area (Å²) >= 11 is 0. The van der Waals surface area contributed by atoms with Crippen LogP contribution >= 0.6 is 7.37 Å². The van der Waals surface area contributed by atoms with Crippen molar-refractivity contribution in [2.24, 2.45) is 0 Å². The molecule has 0 aliphatic carbocycles. The lowest BCUT2D eigenvalue weighted by Gasteiger charge is -2.23. The summed E-state index contributed by atoms with van der Waals surface area (Å²) in [7, 11) is -2.59. The minimum atomic E-state index is -2.59. The molecule has 0 aromatic heterocycles. The quantitative estimate of drug-likeness (QED) is 0.560. The molecular formula is C20H27O3P. The molecule has 0 N–H and O–H groups in total. The van der Waals surface area contributed by atoms with Crippen molar-refractivity contribution < 1.29 is 13.8 Å². The summed E-state index contributed by atoms with van der Waals surface area (Å²) in [6.07, 6.45) is 1.58. The van der Waals surface area contributed by atoms with Crippen molar-refractivity contribution in [3.63, 3.8) is 0 Å². The maximum atomic E-state index is 12.7. The lowest BCUT2D eigenvalue weighted by molar-refractivity contribution is 0.305. The maximum Gasteiger partial charge on any atom is 0.203 e. The molecule has 2 aromatic carbocycles. The predicted molar refractivity (Wildman–Crippen MR) is 100 cm³/mol. The summed E-state index contributed by atoms with van der Waals surface area (Å²) in [6, 6.07) is 18.2. The fourth-order valence-corrected chi connectivity index (χ4v) is 4.71. The monoisotopic (exact) mass is 346 g/mol. The average Bonchev–Trinajstić information content (AvgIpc) is 2.59. The molecule has 0 spiro atoms. The van der Waals surface area contributed by atoms with E-state index in [-0.39, 0.29) is 5.66 Å². The third-order valence-electron chi connectivity index (χ3n) is 4.14. The van der Waals surface area contributed by atoms with E-state index < -0.39 is 7.37 Å². The summed E-state index contributed by atoms with van der Waals surface area (Å²) in [4.78, 5) is 0. The number of ether oxygens (including phenoxy) is 1. The summed E-state index contributed by atoms with van der Waals surface area (Å²) < 4.78 is 24.1. The standard InChI is InChI=1S/C20H27O3P/c1-4-20(24(3,21)23-5-2)15-18-12-9-13-19(14-18)22-16-17-10-7-6-8-11-17/h6-14,20H,4-5,15-16H2,1-3H3/t20-,24?/m1/s1. The van der Waals surface area contributed by atoms with E-state index in [0.29, 0.717) is 13.2 Å². The van der Waals surface area contributed by atoms with Gasteiger partial charge in [0.1, 0.15) is 12.4 Å². The first-order chi connectivity index (χ1) is 11.5. The van der Waals surface area contributed by atoms with Gasteiger partial charge in [0, 0.05) is 12.3 Å². The highest BCUT2D eigenvalue weighted by molar-refractivity contribution is 7.58. The van der Waals surface area contributed by atoms with E-state index in [1.165, 1.54) is 0 Å². The van der Waals surface area contributed by atoms with Crippen LogP contribution in [-0.2, 0) is 22.1 Å². The zero-order valence-corrected chi connectivity index (χ0v) is 15.7. The van der Waals surface area contributed by atoms with Gasteiger partial charge in [-0.3, -0.25) is 4.57 Å². The SMILES string of the molecule is CCOP(C)(=O)[C@H](CC)Cc1cccc(OCc2ccccc2)c1. The highest BCUT2D eigenvalue weighted by Crippen LogP contribution is 2.50. The van der Waals surface area contributed by atoms with Gasteiger partial charge < -0.3 is 9.26 Å². The van der Waals surface area contributed by atoms with Gasteiger partial charge in [0.15, 0.2) is 0 Å². The Labute approximate surface area is 145 Å². The van der Waals surface area contributed by atoms with E-state index in [1.807, 2.05) is 55.5 Å². The fourth-order valence-electron chi connectivity index (χ4n) is 2.78. The van der Waals surface area contributed by atoms with Gasteiger partial charge in [0.25, 0.3) is 0 Å². The molecule has 0 radical (unpaired) electrons.